The summed E-state index contributed by atoms with van der Waals surface area (Å²) < 4.78 is 5.09. The molecule has 0 spiro atoms. The molecule has 2 aromatic carbocycles. The van der Waals surface area contributed by atoms with Gasteiger partial charge in [0, 0.05) is 22.6 Å². The predicted molar refractivity (Wildman–Crippen MR) is 126 cm³/mol. The molecule has 0 unspecified atom stereocenters. The number of carbonyl (C=O) groups is 3. The van der Waals surface area contributed by atoms with Crippen molar-refractivity contribution in [2.45, 2.75) is 57.3 Å². The van der Waals surface area contributed by atoms with Crippen LogP contribution >= 0.6 is 11.8 Å². The van der Waals surface area contributed by atoms with Gasteiger partial charge in [-0.1, -0.05) is 58.0 Å². The van der Waals surface area contributed by atoms with Crippen molar-refractivity contribution in [3.8, 4) is 0 Å². The largest absolute Gasteiger partial charge is 0.456 e. The molecule has 0 aromatic heterocycles. The molecule has 2 aromatic rings. The third-order valence-electron chi connectivity index (χ3n) is 4.97. The Morgan fingerprint density at radius 1 is 0.903 bits per heavy atom. The Labute approximate surface area is 189 Å². The van der Waals surface area contributed by atoms with Gasteiger partial charge in [-0.2, -0.15) is 0 Å². The zero-order valence-corrected chi connectivity index (χ0v) is 19.7. The summed E-state index contributed by atoms with van der Waals surface area (Å²) in [5.41, 5.74) is 3.44. The van der Waals surface area contributed by atoms with Gasteiger partial charge in [-0.3, -0.25) is 14.4 Å². The van der Waals surface area contributed by atoms with E-state index in [0.29, 0.717) is 5.56 Å². The Morgan fingerprint density at radius 3 is 2.00 bits per heavy atom. The molecule has 0 saturated heterocycles. The van der Waals surface area contributed by atoms with Gasteiger partial charge in [-0.15, -0.1) is 11.8 Å². The number of rotatable bonds is 10. The van der Waals surface area contributed by atoms with E-state index in [-0.39, 0.29) is 43.0 Å². The first kappa shape index (κ1) is 24.7. The summed E-state index contributed by atoms with van der Waals surface area (Å²) in [6.07, 6.45) is 1.96. The number of carbonyl (C=O) groups excluding carboxylic acids is 3. The molecule has 1 amide bonds. The van der Waals surface area contributed by atoms with E-state index >= 15 is 0 Å². The Bertz CT molecular complexity index is 893. The van der Waals surface area contributed by atoms with Crippen LogP contribution < -0.4 is 5.32 Å². The van der Waals surface area contributed by atoms with E-state index < -0.39 is 5.97 Å². The lowest BCUT2D eigenvalue weighted by Gasteiger charge is -2.20. The molecule has 31 heavy (non-hydrogen) atoms. The van der Waals surface area contributed by atoms with Gasteiger partial charge < -0.3 is 10.1 Å². The van der Waals surface area contributed by atoms with Gasteiger partial charge in [0.15, 0.2) is 12.4 Å². The van der Waals surface area contributed by atoms with Crippen LogP contribution in [0.3, 0.4) is 0 Å². The van der Waals surface area contributed by atoms with Gasteiger partial charge in [0.25, 0.3) is 5.91 Å². The lowest BCUT2D eigenvalue weighted by molar-refractivity contribution is -0.147. The quantitative estimate of drug-likeness (QED) is 0.287. The summed E-state index contributed by atoms with van der Waals surface area (Å²) in [4.78, 5) is 37.8. The van der Waals surface area contributed by atoms with Gasteiger partial charge in [0.05, 0.1) is 6.42 Å². The molecule has 0 aliphatic heterocycles. The van der Waals surface area contributed by atoms with E-state index in [0.717, 1.165) is 21.7 Å². The molecule has 0 aliphatic rings. The van der Waals surface area contributed by atoms with Crippen LogP contribution in [0.2, 0.25) is 0 Å². The van der Waals surface area contributed by atoms with Crippen LogP contribution in [-0.2, 0) is 14.3 Å². The number of ether oxygens (including phenoxy) is 1. The highest BCUT2D eigenvalue weighted by atomic mass is 32.2. The molecular weight excluding hydrogens is 410 g/mol. The van der Waals surface area contributed by atoms with Crippen molar-refractivity contribution in [1.82, 2.24) is 0 Å². The van der Waals surface area contributed by atoms with E-state index in [1.54, 1.807) is 23.9 Å². The van der Waals surface area contributed by atoms with E-state index in [9.17, 15) is 14.4 Å². The first-order chi connectivity index (χ1) is 14.7. The Hall–Kier alpha value is -2.60. The number of nitrogens with one attached hydrogen (secondary N) is 1. The van der Waals surface area contributed by atoms with Crippen LogP contribution in [0.5, 0.6) is 0 Å². The van der Waals surface area contributed by atoms with Crippen LogP contribution in [0.1, 0.15) is 73.9 Å². The number of hydrogen-bond acceptors (Lipinski definition) is 5. The minimum Gasteiger partial charge on any atom is -0.456 e. The molecule has 0 bridgehead atoms. The van der Waals surface area contributed by atoms with Crippen molar-refractivity contribution >= 4 is 35.1 Å². The minimum absolute atomic E-state index is 0.0484. The molecule has 6 heteroatoms. The maximum absolute atomic E-state index is 12.4. The number of anilines is 1. The maximum Gasteiger partial charge on any atom is 0.306 e. The van der Waals surface area contributed by atoms with Crippen molar-refractivity contribution in [2.75, 3.05) is 18.2 Å². The highest BCUT2D eigenvalue weighted by molar-refractivity contribution is 7.98. The van der Waals surface area contributed by atoms with E-state index in [1.807, 2.05) is 36.6 Å². The fraction of sp³-hybridized carbons (Fsp3) is 0.400. The van der Waals surface area contributed by atoms with Crippen LogP contribution in [0, 0.1) is 0 Å². The number of esters is 1. The van der Waals surface area contributed by atoms with Gasteiger partial charge >= 0.3 is 5.97 Å². The fourth-order valence-corrected chi connectivity index (χ4v) is 3.63. The number of para-hydroxylation sites is 1. The second kappa shape index (κ2) is 11.7. The number of hydrogen-bond donors (Lipinski definition) is 1. The number of amides is 1. The summed E-state index contributed by atoms with van der Waals surface area (Å²) in [6.45, 7) is 7.91. The van der Waals surface area contributed by atoms with Crippen LogP contribution in [-0.4, -0.2) is 30.5 Å². The van der Waals surface area contributed by atoms with E-state index in [2.05, 4.69) is 33.0 Å². The van der Waals surface area contributed by atoms with Crippen molar-refractivity contribution in [1.29, 1.82) is 0 Å². The number of ketones is 1. The molecule has 0 saturated carbocycles. The van der Waals surface area contributed by atoms with Crippen molar-refractivity contribution in [3.63, 3.8) is 0 Å². The molecular formula is C25H31NO4S. The van der Waals surface area contributed by atoms with Crippen molar-refractivity contribution in [2.24, 2.45) is 0 Å². The highest BCUT2D eigenvalue weighted by Crippen LogP contribution is 2.32. The standard InChI is InChI=1S/C25H31NO4S/c1-16(2)20-7-6-8-21(17(3)4)25(20)26-23(28)15-30-24(29)14-13-22(27)18-9-11-19(31-5)12-10-18/h6-12,16-17H,13-15H2,1-5H3,(H,26,28). The van der Waals surface area contributed by atoms with Crippen molar-refractivity contribution in [3.05, 3.63) is 59.2 Å². The van der Waals surface area contributed by atoms with Gasteiger partial charge in [0.1, 0.15) is 0 Å². The van der Waals surface area contributed by atoms with Gasteiger partial charge in [0.2, 0.25) is 0 Å². The lowest BCUT2D eigenvalue weighted by Crippen LogP contribution is -2.23. The molecule has 0 heterocycles. The first-order valence-corrected chi connectivity index (χ1v) is 11.7. The highest BCUT2D eigenvalue weighted by Gasteiger charge is 2.17. The SMILES string of the molecule is CSc1ccc(C(=O)CCC(=O)OCC(=O)Nc2c(C(C)C)cccc2C(C)C)cc1. The second-order valence-electron chi connectivity index (χ2n) is 7.98. The topological polar surface area (TPSA) is 72.5 Å². The molecule has 0 radical (unpaired) electrons. The minimum atomic E-state index is -0.564. The van der Waals surface area contributed by atoms with Gasteiger partial charge in [-0.05, 0) is 41.4 Å². The maximum atomic E-state index is 12.4. The van der Waals surface area contributed by atoms with Crippen molar-refractivity contribution < 1.29 is 19.1 Å². The molecule has 1 N–H and O–H groups in total. The smallest absolute Gasteiger partial charge is 0.306 e. The van der Waals surface area contributed by atoms with Gasteiger partial charge in [-0.25, -0.2) is 0 Å². The zero-order chi connectivity index (χ0) is 23.0. The monoisotopic (exact) mass is 441 g/mol. The van der Waals surface area contributed by atoms with E-state index in [4.69, 9.17) is 4.74 Å². The summed E-state index contributed by atoms with van der Waals surface area (Å²) in [5.74, 6) is -0.589. The van der Waals surface area contributed by atoms with Crippen LogP contribution in [0.15, 0.2) is 47.4 Å². The number of Topliss-reactive ketones (excluding diaryl/α,β-unsaturated/α-hetero) is 1. The molecule has 0 fully saturated rings. The van der Waals surface area contributed by atoms with Crippen LogP contribution in [0.25, 0.3) is 0 Å². The first-order valence-electron chi connectivity index (χ1n) is 10.5. The lowest BCUT2D eigenvalue weighted by atomic mass is 9.92. The fourth-order valence-electron chi connectivity index (χ4n) is 3.23. The number of benzene rings is 2. The molecule has 166 valence electrons. The Kier molecular flexibility index (Phi) is 9.31. The Morgan fingerprint density at radius 2 is 1.48 bits per heavy atom. The predicted octanol–water partition coefficient (Wildman–Crippen LogP) is 5.80. The molecule has 0 atom stereocenters. The third-order valence-corrected chi connectivity index (χ3v) is 5.71. The van der Waals surface area contributed by atoms with Crippen LogP contribution in [0.4, 0.5) is 5.69 Å². The zero-order valence-electron chi connectivity index (χ0n) is 18.9. The van der Waals surface area contributed by atoms with E-state index in [1.165, 1.54) is 0 Å². The summed E-state index contributed by atoms with van der Waals surface area (Å²) in [7, 11) is 0. The normalized spacial score (nSPS) is 10.9. The summed E-state index contributed by atoms with van der Waals surface area (Å²) in [6, 6.07) is 13.2. The third kappa shape index (κ3) is 7.24. The average Bonchev–Trinajstić information content (AvgIpc) is 2.75. The molecule has 5 nitrogen and oxygen atoms in total. The Balaban J connectivity index is 1.88. The summed E-state index contributed by atoms with van der Waals surface area (Å²) >= 11 is 1.60. The average molecular weight is 442 g/mol. The summed E-state index contributed by atoms with van der Waals surface area (Å²) in [5, 5.41) is 2.91. The molecule has 2 rings (SSSR count). The second-order valence-corrected chi connectivity index (χ2v) is 8.86. The number of thioether (sulfide) groups is 1. The molecule has 0 aliphatic carbocycles.